The van der Waals surface area contributed by atoms with Crippen molar-refractivity contribution >= 4 is 27.4 Å². The van der Waals surface area contributed by atoms with E-state index in [1.165, 1.54) is 0 Å². The summed E-state index contributed by atoms with van der Waals surface area (Å²) >= 11 is 1.63. The van der Waals surface area contributed by atoms with E-state index in [1.54, 1.807) is 17.7 Å². The number of aryl methyl sites for hydroxylation is 1. The molecule has 0 unspecified atom stereocenters. The fourth-order valence-electron chi connectivity index (χ4n) is 1.86. The number of hydrogen-bond acceptors (Lipinski definition) is 5. The molecular formula is C12H13N5S. The molecule has 3 rings (SSSR count). The highest BCUT2D eigenvalue weighted by atomic mass is 32.1. The van der Waals surface area contributed by atoms with E-state index in [4.69, 9.17) is 0 Å². The molecule has 3 heterocycles. The molecule has 6 heteroatoms. The predicted molar refractivity (Wildman–Crippen MR) is 72.8 cm³/mol. The number of fused-ring (bicyclic) bond motifs is 1. The van der Waals surface area contributed by atoms with Crippen LogP contribution in [0.25, 0.3) is 10.2 Å². The standard InChI is InChI=1S/C12H13N5S/c1-17-6-5-13-10(17)2-4-14-11-9-3-7-18-12(9)16-8-15-11/h3,5-8H,2,4H2,1H3,(H,14,15,16). The van der Waals surface area contributed by atoms with Crippen molar-refractivity contribution in [3.63, 3.8) is 0 Å². The van der Waals surface area contributed by atoms with Gasteiger partial charge in [-0.15, -0.1) is 11.3 Å². The van der Waals surface area contributed by atoms with Crippen LogP contribution in [-0.4, -0.2) is 26.1 Å². The maximum atomic E-state index is 4.29. The van der Waals surface area contributed by atoms with E-state index in [-0.39, 0.29) is 0 Å². The van der Waals surface area contributed by atoms with Crippen molar-refractivity contribution in [3.05, 3.63) is 36.0 Å². The second kappa shape index (κ2) is 4.73. The van der Waals surface area contributed by atoms with E-state index in [2.05, 4.69) is 20.3 Å². The highest BCUT2D eigenvalue weighted by Crippen LogP contribution is 2.23. The molecule has 0 spiro atoms. The normalized spacial score (nSPS) is 10.9. The Balaban J connectivity index is 1.70. The van der Waals surface area contributed by atoms with Crippen molar-refractivity contribution in [2.45, 2.75) is 6.42 Å². The summed E-state index contributed by atoms with van der Waals surface area (Å²) in [6.07, 6.45) is 6.25. The lowest BCUT2D eigenvalue weighted by Gasteiger charge is -2.06. The summed E-state index contributed by atoms with van der Waals surface area (Å²) < 4.78 is 2.03. The van der Waals surface area contributed by atoms with E-state index >= 15 is 0 Å². The largest absolute Gasteiger partial charge is 0.369 e. The molecule has 0 fully saturated rings. The maximum Gasteiger partial charge on any atom is 0.138 e. The molecule has 0 radical (unpaired) electrons. The Morgan fingerprint density at radius 2 is 2.28 bits per heavy atom. The third-order valence-electron chi connectivity index (χ3n) is 2.82. The lowest BCUT2D eigenvalue weighted by molar-refractivity contribution is 0.789. The van der Waals surface area contributed by atoms with Crippen molar-refractivity contribution in [1.29, 1.82) is 0 Å². The monoisotopic (exact) mass is 259 g/mol. The number of thiophene rings is 1. The third kappa shape index (κ3) is 2.06. The molecule has 0 bridgehead atoms. The maximum absolute atomic E-state index is 4.29. The van der Waals surface area contributed by atoms with E-state index in [0.717, 1.165) is 34.8 Å². The van der Waals surface area contributed by atoms with Crippen LogP contribution < -0.4 is 5.32 Å². The fourth-order valence-corrected chi connectivity index (χ4v) is 2.59. The molecular weight excluding hydrogens is 246 g/mol. The van der Waals surface area contributed by atoms with Gasteiger partial charge < -0.3 is 9.88 Å². The Hall–Kier alpha value is -1.95. The molecule has 0 aromatic carbocycles. The quantitative estimate of drug-likeness (QED) is 0.779. The molecule has 92 valence electrons. The van der Waals surface area contributed by atoms with Crippen LogP contribution in [0.3, 0.4) is 0 Å². The molecule has 0 aliphatic carbocycles. The van der Waals surface area contributed by atoms with Crippen LogP contribution >= 0.6 is 11.3 Å². The average Bonchev–Trinajstić information content (AvgIpc) is 2.99. The van der Waals surface area contributed by atoms with Gasteiger partial charge in [0.2, 0.25) is 0 Å². The molecule has 18 heavy (non-hydrogen) atoms. The molecule has 0 saturated carbocycles. The summed E-state index contributed by atoms with van der Waals surface area (Å²) in [6, 6.07) is 2.04. The molecule has 3 aromatic rings. The Morgan fingerprint density at radius 1 is 1.33 bits per heavy atom. The minimum atomic E-state index is 0.812. The van der Waals surface area contributed by atoms with Crippen molar-refractivity contribution < 1.29 is 0 Å². The highest BCUT2D eigenvalue weighted by Gasteiger charge is 2.04. The van der Waals surface area contributed by atoms with Gasteiger partial charge in [0.1, 0.15) is 22.8 Å². The summed E-state index contributed by atoms with van der Waals surface area (Å²) in [6.45, 7) is 0.812. The summed E-state index contributed by atoms with van der Waals surface area (Å²) in [7, 11) is 2.00. The minimum Gasteiger partial charge on any atom is -0.369 e. The zero-order valence-corrected chi connectivity index (χ0v) is 10.8. The smallest absolute Gasteiger partial charge is 0.138 e. The fraction of sp³-hybridized carbons (Fsp3) is 0.250. The number of anilines is 1. The number of aromatic nitrogens is 4. The van der Waals surface area contributed by atoms with E-state index < -0.39 is 0 Å². The molecule has 0 saturated heterocycles. The van der Waals surface area contributed by atoms with Gasteiger partial charge in [-0.05, 0) is 11.4 Å². The Labute approximate surface area is 109 Å². The second-order valence-corrected chi connectivity index (χ2v) is 4.89. The van der Waals surface area contributed by atoms with Gasteiger partial charge in [0.05, 0.1) is 5.39 Å². The van der Waals surface area contributed by atoms with Gasteiger partial charge in [-0.25, -0.2) is 15.0 Å². The zero-order chi connectivity index (χ0) is 12.4. The first kappa shape index (κ1) is 11.2. The van der Waals surface area contributed by atoms with Gasteiger partial charge in [-0.1, -0.05) is 0 Å². The summed E-state index contributed by atoms with van der Waals surface area (Å²) in [5.74, 6) is 1.97. The molecule has 3 aromatic heterocycles. The summed E-state index contributed by atoms with van der Waals surface area (Å²) in [4.78, 5) is 13.8. The SMILES string of the molecule is Cn1ccnc1CCNc1ncnc2sccc12. The molecule has 0 atom stereocenters. The van der Waals surface area contributed by atoms with Crippen LogP contribution in [0.1, 0.15) is 5.82 Å². The molecule has 0 amide bonds. The summed E-state index contributed by atoms with van der Waals surface area (Å²) in [5, 5.41) is 6.46. The van der Waals surface area contributed by atoms with Crippen molar-refractivity contribution in [1.82, 2.24) is 19.5 Å². The number of imidazole rings is 1. The van der Waals surface area contributed by atoms with Gasteiger partial charge in [0.25, 0.3) is 0 Å². The van der Waals surface area contributed by atoms with Gasteiger partial charge in [-0.3, -0.25) is 0 Å². The Bertz CT molecular complexity index is 657. The molecule has 5 nitrogen and oxygen atoms in total. The Morgan fingerprint density at radius 3 is 3.11 bits per heavy atom. The first-order valence-corrected chi connectivity index (χ1v) is 6.61. The van der Waals surface area contributed by atoms with E-state index in [1.807, 2.05) is 35.5 Å². The van der Waals surface area contributed by atoms with Gasteiger partial charge in [0, 0.05) is 32.4 Å². The summed E-state index contributed by atoms with van der Waals surface area (Å²) in [5.41, 5.74) is 0. The minimum absolute atomic E-state index is 0.812. The topological polar surface area (TPSA) is 55.6 Å². The van der Waals surface area contributed by atoms with Gasteiger partial charge >= 0.3 is 0 Å². The molecule has 0 aliphatic rings. The highest BCUT2D eigenvalue weighted by molar-refractivity contribution is 7.16. The second-order valence-electron chi connectivity index (χ2n) is 3.99. The zero-order valence-electron chi connectivity index (χ0n) is 10.00. The van der Waals surface area contributed by atoms with Crippen LogP contribution in [0.15, 0.2) is 30.2 Å². The van der Waals surface area contributed by atoms with Crippen LogP contribution in [0, 0.1) is 0 Å². The van der Waals surface area contributed by atoms with Gasteiger partial charge in [-0.2, -0.15) is 0 Å². The lowest BCUT2D eigenvalue weighted by atomic mass is 10.3. The van der Waals surface area contributed by atoms with Gasteiger partial charge in [0.15, 0.2) is 0 Å². The number of rotatable bonds is 4. The Kier molecular flexibility index (Phi) is 2.93. The van der Waals surface area contributed by atoms with Crippen LogP contribution in [-0.2, 0) is 13.5 Å². The van der Waals surface area contributed by atoms with E-state index in [0.29, 0.717) is 0 Å². The van der Waals surface area contributed by atoms with Crippen molar-refractivity contribution in [2.24, 2.45) is 7.05 Å². The molecule has 0 aliphatic heterocycles. The first-order chi connectivity index (χ1) is 8.84. The van der Waals surface area contributed by atoms with Crippen LogP contribution in [0.5, 0.6) is 0 Å². The van der Waals surface area contributed by atoms with Crippen molar-refractivity contribution in [2.75, 3.05) is 11.9 Å². The number of nitrogens with one attached hydrogen (secondary N) is 1. The van der Waals surface area contributed by atoms with E-state index in [9.17, 15) is 0 Å². The van der Waals surface area contributed by atoms with Crippen LogP contribution in [0.4, 0.5) is 5.82 Å². The lowest BCUT2D eigenvalue weighted by Crippen LogP contribution is -2.09. The first-order valence-electron chi connectivity index (χ1n) is 5.73. The van der Waals surface area contributed by atoms with Crippen LogP contribution in [0.2, 0.25) is 0 Å². The predicted octanol–water partition coefficient (Wildman–Crippen LogP) is 2.08. The molecule has 1 N–H and O–H groups in total. The number of nitrogens with zero attached hydrogens (tertiary/aromatic N) is 4. The number of hydrogen-bond donors (Lipinski definition) is 1. The van der Waals surface area contributed by atoms with Crippen molar-refractivity contribution in [3.8, 4) is 0 Å². The average molecular weight is 259 g/mol. The third-order valence-corrected chi connectivity index (χ3v) is 3.64.